The molecule has 0 saturated heterocycles. The van der Waals surface area contributed by atoms with Crippen molar-refractivity contribution in [2.75, 3.05) is 25.4 Å². The van der Waals surface area contributed by atoms with Gasteiger partial charge in [-0.15, -0.1) is 16.1 Å². The molecule has 2 rings (SSSR count). The number of thioether (sulfide) groups is 1. The Hall–Kier alpha value is -1.15. The number of rotatable bonds is 9. The molecule has 1 unspecified atom stereocenters. The molecule has 1 aromatic carbocycles. The molecule has 0 saturated carbocycles. The SMILES string of the molecule is OC(CNCCSc1ccccc1)COc1cnsn1. The Labute approximate surface area is 126 Å². The van der Waals surface area contributed by atoms with Crippen LogP contribution in [-0.2, 0) is 0 Å². The van der Waals surface area contributed by atoms with Crippen molar-refractivity contribution in [1.82, 2.24) is 14.1 Å². The van der Waals surface area contributed by atoms with Crippen molar-refractivity contribution < 1.29 is 9.84 Å². The summed E-state index contributed by atoms with van der Waals surface area (Å²) in [6, 6.07) is 10.3. The summed E-state index contributed by atoms with van der Waals surface area (Å²) in [4.78, 5) is 1.26. The number of benzene rings is 1. The van der Waals surface area contributed by atoms with Gasteiger partial charge in [-0.25, -0.2) is 0 Å². The number of nitrogens with zero attached hydrogens (tertiary/aromatic N) is 2. The molecule has 1 heterocycles. The van der Waals surface area contributed by atoms with Crippen LogP contribution in [0.4, 0.5) is 0 Å². The Morgan fingerprint density at radius 2 is 2.20 bits per heavy atom. The molecular formula is C13H17N3O2S2. The van der Waals surface area contributed by atoms with Gasteiger partial charge in [-0.05, 0) is 12.1 Å². The van der Waals surface area contributed by atoms with Crippen LogP contribution in [0.5, 0.6) is 5.88 Å². The third-order valence-electron chi connectivity index (χ3n) is 2.44. The predicted molar refractivity (Wildman–Crippen MR) is 81.4 cm³/mol. The lowest BCUT2D eigenvalue weighted by molar-refractivity contribution is 0.105. The van der Waals surface area contributed by atoms with Gasteiger partial charge in [-0.3, -0.25) is 0 Å². The zero-order valence-electron chi connectivity index (χ0n) is 10.9. The summed E-state index contributed by atoms with van der Waals surface area (Å²) in [5.41, 5.74) is 0. The van der Waals surface area contributed by atoms with Crippen LogP contribution in [0.25, 0.3) is 0 Å². The van der Waals surface area contributed by atoms with E-state index in [9.17, 15) is 5.11 Å². The van der Waals surface area contributed by atoms with Crippen molar-refractivity contribution in [2.24, 2.45) is 0 Å². The Morgan fingerprint density at radius 3 is 2.95 bits per heavy atom. The minimum absolute atomic E-state index is 0.226. The standard InChI is InChI=1S/C13H17N3O2S2/c17-11(10-18-13-9-15-20-16-13)8-14-6-7-19-12-4-2-1-3-5-12/h1-5,9,11,14,17H,6-8,10H2. The monoisotopic (exact) mass is 311 g/mol. The number of aliphatic hydroxyl groups is 1. The molecule has 2 aromatic rings. The molecule has 0 aliphatic rings. The first-order valence-corrected chi connectivity index (χ1v) is 8.03. The molecule has 20 heavy (non-hydrogen) atoms. The highest BCUT2D eigenvalue weighted by atomic mass is 32.2. The molecule has 5 nitrogen and oxygen atoms in total. The lowest BCUT2D eigenvalue weighted by Gasteiger charge is -2.11. The molecule has 0 aliphatic carbocycles. The maximum atomic E-state index is 9.73. The summed E-state index contributed by atoms with van der Waals surface area (Å²) in [6.45, 7) is 1.58. The number of nitrogens with one attached hydrogen (secondary N) is 1. The van der Waals surface area contributed by atoms with Gasteiger partial charge in [0.25, 0.3) is 0 Å². The molecule has 1 aromatic heterocycles. The third kappa shape index (κ3) is 5.87. The van der Waals surface area contributed by atoms with E-state index in [-0.39, 0.29) is 6.61 Å². The van der Waals surface area contributed by atoms with E-state index in [0.717, 1.165) is 24.0 Å². The van der Waals surface area contributed by atoms with Crippen LogP contribution >= 0.6 is 23.5 Å². The van der Waals surface area contributed by atoms with Gasteiger partial charge in [0, 0.05) is 23.7 Å². The van der Waals surface area contributed by atoms with Gasteiger partial charge in [-0.2, -0.15) is 4.37 Å². The molecule has 0 radical (unpaired) electrons. The highest BCUT2D eigenvalue weighted by Gasteiger charge is 2.05. The molecule has 0 aliphatic heterocycles. The predicted octanol–water partition coefficient (Wildman–Crippen LogP) is 1.66. The fourth-order valence-electron chi connectivity index (χ4n) is 1.49. The molecule has 108 valence electrons. The van der Waals surface area contributed by atoms with Gasteiger partial charge in [0.15, 0.2) is 0 Å². The smallest absolute Gasteiger partial charge is 0.245 e. The van der Waals surface area contributed by atoms with Crippen molar-refractivity contribution >= 4 is 23.5 Å². The van der Waals surface area contributed by atoms with Gasteiger partial charge < -0.3 is 15.2 Å². The lowest BCUT2D eigenvalue weighted by Crippen LogP contribution is -2.32. The number of aliphatic hydroxyl groups excluding tert-OH is 1. The summed E-state index contributed by atoms with van der Waals surface area (Å²) >= 11 is 2.88. The highest BCUT2D eigenvalue weighted by Crippen LogP contribution is 2.15. The van der Waals surface area contributed by atoms with E-state index >= 15 is 0 Å². The number of hydrogen-bond acceptors (Lipinski definition) is 7. The fourth-order valence-corrected chi connectivity index (χ4v) is 2.68. The quantitative estimate of drug-likeness (QED) is 0.542. The fraction of sp³-hybridized carbons (Fsp3) is 0.385. The number of aromatic nitrogens is 2. The first-order chi connectivity index (χ1) is 9.84. The largest absolute Gasteiger partial charge is 0.473 e. The Morgan fingerprint density at radius 1 is 1.35 bits per heavy atom. The van der Waals surface area contributed by atoms with E-state index in [1.807, 2.05) is 18.2 Å². The zero-order valence-corrected chi connectivity index (χ0v) is 12.6. The Kier molecular flexibility index (Phi) is 6.79. The highest BCUT2D eigenvalue weighted by molar-refractivity contribution is 7.99. The van der Waals surface area contributed by atoms with E-state index in [4.69, 9.17) is 4.74 Å². The van der Waals surface area contributed by atoms with Crippen LogP contribution in [0.1, 0.15) is 0 Å². The van der Waals surface area contributed by atoms with Crippen LogP contribution in [-0.4, -0.2) is 45.4 Å². The van der Waals surface area contributed by atoms with Crippen molar-refractivity contribution in [2.45, 2.75) is 11.0 Å². The Balaban J connectivity index is 1.50. The molecule has 0 amide bonds. The third-order valence-corrected chi connectivity index (χ3v) is 3.91. The van der Waals surface area contributed by atoms with Gasteiger partial charge in [-0.1, -0.05) is 18.2 Å². The normalized spacial score (nSPS) is 12.2. The molecule has 1 atom stereocenters. The maximum Gasteiger partial charge on any atom is 0.245 e. The van der Waals surface area contributed by atoms with Gasteiger partial charge in [0.05, 0.1) is 11.7 Å². The van der Waals surface area contributed by atoms with E-state index in [1.54, 1.807) is 18.0 Å². The van der Waals surface area contributed by atoms with Crippen LogP contribution in [0, 0.1) is 0 Å². The number of hydrogen-bond donors (Lipinski definition) is 2. The summed E-state index contributed by atoms with van der Waals surface area (Å²) in [5.74, 6) is 1.43. The molecule has 2 N–H and O–H groups in total. The van der Waals surface area contributed by atoms with Gasteiger partial charge in [0.1, 0.15) is 18.9 Å². The second-order valence-corrected chi connectivity index (χ2v) is 5.80. The van der Waals surface area contributed by atoms with Crippen LogP contribution in [0.3, 0.4) is 0 Å². The summed E-state index contributed by atoms with van der Waals surface area (Å²) in [7, 11) is 0. The van der Waals surface area contributed by atoms with Crippen molar-refractivity contribution in [3.63, 3.8) is 0 Å². The maximum absolute atomic E-state index is 9.73. The van der Waals surface area contributed by atoms with Crippen LogP contribution < -0.4 is 10.1 Å². The first kappa shape index (κ1) is 15.2. The van der Waals surface area contributed by atoms with Crippen molar-refractivity contribution in [3.05, 3.63) is 36.5 Å². The topological polar surface area (TPSA) is 67.3 Å². The number of ether oxygens (including phenoxy) is 1. The van der Waals surface area contributed by atoms with E-state index < -0.39 is 6.10 Å². The van der Waals surface area contributed by atoms with Gasteiger partial charge >= 0.3 is 0 Å². The van der Waals surface area contributed by atoms with Crippen LogP contribution in [0.2, 0.25) is 0 Å². The molecule has 0 bridgehead atoms. The second-order valence-electron chi connectivity index (χ2n) is 4.08. The van der Waals surface area contributed by atoms with E-state index in [2.05, 4.69) is 26.2 Å². The van der Waals surface area contributed by atoms with E-state index in [1.165, 1.54) is 4.90 Å². The second kappa shape index (κ2) is 8.91. The minimum Gasteiger partial charge on any atom is -0.473 e. The molecule has 0 spiro atoms. The summed E-state index contributed by atoms with van der Waals surface area (Å²) in [6.07, 6.45) is 1.000. The zero-order chi connectivity index (χ0) is 14.0. The van der Waals surface area contributed by atoms with Crippen molar-refractivity contribution in [3.8, 4) is 5.88 Å². The molecular weight excluding hydrogens is 294 g/mol. The first-order valence-electron chi connectivity index (χ1n) is 6.31. The average molecular weight is 311 g/mol. The van der Waals surface area contributed by atoms with E-state index in [0.29, 0.717) is 12.4 Å². The molecule has 0 fully saturated rings. The lowest BCUT2D eigenvalue weighted by atomic mass is 10.4. The average Bonchev–Trinajstić information content (AvgIpc) is 2.99. The minimum atomic E-state index is -0.543. The Bertz CT molecular complexity index is 468. The molecule has 7 heteroatoms. The van der Waals surface area contributed by atoms with Crippen molar-refractivity contribution in [1.29, 1.82) is 0 Å². The summed E-state index contributed by atoms with van der Waals surface area (Å²) < 4.78 is 13.0. The van der Waals surface area contributed by atoms with Gasteiger partial charge in [0.2, 0.25) is 5.88 Å². The summed E-state index contributed by atoms with van der Waals surface area (Å²) in [5, 5.41) is 12.9. The van der Waals surface area contributed by atoms with Crippen LogP contribution in [0.15, 0.2) is 41.4 Å².